The second-order valence-corrected chi connectivity index (χ2v) is 4.33. The zero-order chi connectivity index (χ0) is 10.1. The highest BCUT2D eigenvalue weighted by Crippen LogP contribution is 2.35. The number of hydrogen-bond donors (Lipinski definition) is 1. The Morgan fingerprint density at radius 2 is 2.57 bits per heavy atom. The minimum Gasteiger partial charge on any atom is -0.445 e. The predicted molar refractivity (Wildman–Crippen MR) is 51.3 cm³/mol. The van der Waals surface area contributed by atoms with Crippen LogP contribution in [0.25, 0.3) is 0 Å². The van der Waals surface area contributed by atoms with Gasteiger partial charge in [-0.05, 0) is 5.57 Å². The van der Waals surface area contributed by atoms with E-state index in [2.05, 4.69) is 4.74 Å². The molecule has 0 unspecified atom stereocenters. The van der Waals surface area contributed by atoms with Crippen LogP contribution in [0.2, 0.25) is 0 Å². The maximum Gasteiger partial charge on any atom is 0.404 e. The number of carbonyl (C=O) groups is 2. The Hall–Kier alpha value is -1.17. The summed E-state index contributed by atoms with van der Waals surface area (Å²) >= 11 is 1.68. The van der Waals surface area contributed by atoms with Gasteiger partial charge in [0.25, 0.3) is 0 Å². The van der Waals surface area contributed by atoms with Crippen molar-refractivity contribution in [3.8, 4) is 0 Å². The molecule has 2 aliphatic heterocycles. The van der Waals surface area contributed by atoms with E-state index in [9.17, 15) is 9.59 Å². The fraction of sp³-hybridized carbons (Fsp3) is 0.500. The predicted octanol–water partition coefficient (Wildman–Crippen LogP) is 0.271. The lowest BCUT2D eigenvalue weighted by molar-refractivity contribution is -0.137. The molecule has 0 spiro atoms. The maximum atomic E-state index is 11.1. The van der Waals surface area contributed by atoms with Gasteiger partial charge in [0, 0.05) is 12.0 Å². The van der Waals surface area contributed by atoms with E-state index in [1.165, 1.54) is 0 Å². The van der Waals surface area contributed by atoms with Crippen LogP contribution in [0.3, 0.4) is 0 Å². The molecular formula is C8H10N2O3S. The van der Waals surface area contributed by atoms with Gasteiger partial charge in [-0.2, -0.15) is 0 Å². The van der Waals surface area contributed by atoms with E-state index in [1.54, 1.807) is 22.9 Å². The van der Waals surface area contributed by atoms with Crippen molar-refractivity contribution in [3.63, 3.8) is 0 Å². The van der Waals surface area contributed by atoms with Gasteiger partial charge in [0.05, 0.1) is 11.8 Å². The summed E-state index contributed by atoms with van der Waals surface area (Å²) in [5.74, 6) is 0.917. The Labute approximate surface area is 85.3 Å². The number of primary amides is 1. The van der Waals surface area contributed by atoms with Crippen molar-refractivity contribution in [1.29, 1.82) is 0 Å². The van der Waals surface area contributed by atoms with Gasteiger partial charge in [0.2, 0.25) is 5.91 Å². The number of amides is 2. The third-order valence-corrected chi connectivity index (χ3v) is 3.45. The van der Waals surface area contributed by atoms with E-state index in [1.807, 2.05) is 0 Å². The average Bonchev–Trinajstić information content (AvgIpc) is 2.14. The highest BCUT2D eigenvalue weighted by Gasteiger charge is 2.37. The van der Waals surface area contributed by atoms with Crippen LogP contribution in [0.1, 0.15) is 6.42 Å². The number of ether oxygens (including phenoxy) is 1. The molecule has 2 rings (SSSR count). The summed E-state index contributed by atoms with van der Waals surface area (Å²) < 4.78 is 4.64. The van der Waals surface area contributed by atoms with E-state index in [0.29, 0.717) is 11.8 Å². The summed E-state index contributed by atoms with van der Waals surface area (Å²) in [4.78, 5) is 23.1. The van der Waals surface area contributed by atoms with Crippen molar-refractivity contribution >= 4 is 23.8 Å². The van der Waals surface area contributed by atoms with Crippen LogP contribution in [0.5, 0.6) is 0 Å². The van der Waals surface area contributed by atoms with Gasteiger partial charge < -0.3 is 15.4 Å². The highest BCUT2D eigenvalue weighted by molar-refractivity contribution is 8.00. The maximum absolute atomic E-state index is 11.1. The van der Waals surface area contributed by atoms with Crippen LogP contribution < -0.4 is 5.73 Å². The molecule has 2 amide bonds. The molecule has 5 nitrogen and oxygen atoms in total. The summed E-state index contributed by atoms with van der Waals surface area (Å²) in [7, 11) is 0. The molecule has 0 aromatic rings. The second-order valence-electron chi connectivity index (χ2n) is 3.17. The molecule has 1 saturated heterocycles. The number of carbonyl (C=O) groups excluding carboxylic acids is 2. The summed E-state index contributed by atoms with van der Waals surface area (Å²) in [6.07, 6.45) is 1.59. The quantitative estimate of drug-likeness (QED) is 0.670. The van der Waals surface area contributed by atoms with E-state index in [4.69, 9.17) is 5.73 Å². The fourth-order valence-corrected chi connectivity index (χ4v) is 2.54. The van der Waals surface area contributed by atoms with Gasteiger partial charge >= 0.3 is 6.09 Å². The van der Waals surface area contributed by atoms with Crippen molar-refractivity contribution in [2.45, 2.75) is 11.8 Å². The SMILES string of the molecule is NC(=O)OCC1=CN2C(=O)C[C@@H]2SC1. The van der Waals surface area contributed by atoms with Crippen LogP contribution in [0.4, 0.5) is 4.79 Å². The van der Waals surface area contributed by atoms with Crippen molar-refractivity contribution in [3.05, 3.63) is 11.8 Å². The Bertz CT molecular complexity index is 316. The largest absolute Gasteiger partial charge is 0.445 e. The number of hydrogen-bond acceptors (Lipinski definition) is 4. The van der Waals surface area contributed by atoms with Gasteiger partial charge in [-0.3, -0.25) is 4.79 Å². The van der Waals surface area contributed by atoms with Gasteiger partial charge in [-0.15, -0.1) is 11.8 Å². The average molecular weight is 214 g/mol. The number of nitrogens with two attached hydrogens (primary N) is 1. The number of β-lactam (4-membered cyclic amide) rings is 1. The first-order valence-electron chi connectivity index (χ1n) is 4.21. The monoisotopic (exact) mass is 214 g/mol. The van der Waals surface area contributed by atoms with Crippen LogP contribution >= 0.6 is 11.8 Å². The van der Waals surface area contributed by atoms with Crippen molar-refractivity contribution in [2.24, 2.45) is 5.73 Å². The van der Waals surface area contributed by atoms with Crippen LogP contribution in [-0.4, -0.2) is 34.6 Å². The summed E-state index contributed by atoms with van der Waals surface area (Å²) in [6.45, 7) is 0.179. The van der Waals surface area contributed by atoms with Gasteiger partial charge in [-0.1, -0.05) is 0 Å². The molecule has 76 valence electrons. The fourth-order valence-electron chi connectivity index (χ4n) is 1.38. The minimum atomic E-state index is -0.784. The molecule has 2 N–H and O–H groups in total. The number of nitrogens with zero attached hydrogens (tertiary/aromatic N) is 1. The lowest BCUT2D eigenvalue weighted by atomic mass is 10.2. The molecule has 0 bridgehead atoms. The van der Waals surface area contributed by atoms with Crippen LogP contribution in [-0.2, 0) is 9.53 Å². The molecule has 0 aromatic carbocycles. The number of thioether (sulfide) groups is 1. The third-order valence-electron chi connectivity index (χ3n) is 2.13. The molecule has 0 radical (unpaired) electrons. The van der Waals surface area contributed by atoms with E-state index in [-0.39, 0.29) is 12.5 Å². The second kappa shape index (κ2) is 3.53. The van der Waals surface area contributed by atoms with Crippen molar-refractivity contribution in [1.82, 2.24) is 4.90 Å². The summed E-state index contributed by atoms with van der Waals surface area (Å²) in [6, 6.07) is 0. The normalized spacial score (nSPS) is 24.9. The Morgan fingerprint density at radius 3 is 3.21 bits per heavy atom. The van der Waals surface area contributed by atoms with Crippen molar-refractivity contribution in [2.75, 3.05) is 12.4 Å². The lowest BCUT2D eigenvalue weighted by Crippen LogP contribution is -2.49. The summed E-state index contributed by atoms with van der Waals surface area (Å²) in [5, 5.41) is 0.292. The smallest absolute Gasteiger partial charge is 0.404 e. The van der Waals surface area contributed by atoms with Crippen molar-refractivity contribution < 1.29 is 14.3 Å². The van der Waals surface area contributed by atoms with E-state index >= 15 is 0 Å². The lowest BCUT2D eigenvalue weighted by Gasteiger charge is -2.40. The number of rotatable bonds is 2. The van der Waals surface area contributed by atoms with Crippen LogP contribution in [0, 0.1) is 0 Å². The third kappa shape index (κ3) is 1.70. The first-order valence-corrected chi connectivity index (χ1v) is 5.26. The van der Waals surface area contributed by atoms with Gasteiger partial charge in [0.15, 0.2) is 0 Å². The first-order chi connectivity index (χ1) is 6.66. The van der Waals surface area contributed by atoms with E-state index in [0.717, 1.165) is 11.3 Å². The Balaban J connectivity index is 1.93. The topological polar surface area (TPSA) is 72.6 Å². The van der Waals surface area contributed by atoms with Gasteiger partial charge in [0.1, 0.15) is 6.61 Å². The standard InChI is InChI=1S/C8H10N2O3S/c9-8(12)13-3-5-2-10-6(11)1-7(10)14-4-5/h2,7H,1,3-4H2,(H2,9,12)/t7-/m0/s1. The van der Waals surface area contributed by atoms with Crippen LogP contribution in [0.15, 0.2) is 11.8 Å². The molecule has 2 aliphatic rings. The molecular weight excluding hydrogens is 204 g/mol. The Morgan fingerprint density at radius 1 is 1.79 bits per heavy atom. The van der Waals surface area contributed by atoms with E-state index < -0.39 is 6.09 Å². The minimum absolute atomic E-state index is 0.124. The molecule has 2 heterocycles. The summed E-state index contributed by atoms with van der Waals surface area (Å²) in [5.41, 5.74) is 5.75. The highest BCUT2D eigenvalue weighted by atomic mass is 32.2. The molecule has 14 heavy (non-hydrogen) atoms. The zero-order valence-electron chi connectivity index (χ0n) is 7.43. The van der Waals surface area contributed by atoms with Gasteiger partial charge in [-0.25, -0.2) is 4.79 Å². The number of fused-ring (bicyclic) bond motifs is 1. The molecule has 6 heteroatoms. The molecule has 1 atom stereocenters. The molecule has 0 aliphatic carbocycles. The first kappa shape index (κ1) is 9.39. The molecule has 1 fully saturated rings. The zero-order valence-corrected chi connectivity index (χ0v) is 8.25. The molecule has 0 aromatic heterocycles. The molecule has 0 saturated carbocycles. The Kier molecular flexibility index (Phi) is 2.37.